The predicted octanol–water partition coefficient (Wildman–Crippen LogP) is 1.34. The number of halogens is 1. The second-order valence-corrected chi connectivity index (χ2v) is 6.93. The van der Waals surface area contributed by atoms with Crippen LogP contribution in [-0.2, 0) is 10.0 Å². The van der Waals surface area contributed by atoms with Gasteiger partial charge in [0.15, 0.2) is 0 Å². The summed E-state index contributed by atoms with van der Waals surface area (Å²) >= 11 is 3.19. The number of nitrogens with zero attached hydrogens (tertiary/aromatic N) is 1. The molecular weight excluding hydrogens is 336 g/mol. The Morgan fingerprint density at radius 3 is 2.63 bits per heavy atom. The summed E-state index contributed by atoms with van der Waals surface area (Å²) in [7, 11) is -3.56. The van der Waals surface area contributed by atoms with E-state index in [1.807, 2.05) is 0 Å². The molecule has 0 saturated carbocycles. The molecule has 0 atom stereocenters. The van der Waals surface area contributed by atoms with Crippen LogP contribution in [0.4, 0.5) is 4.79 Å². The second kappa shape index (κ2) is 5.48. The summed E-state index contributed by atoms with van der Waals surface area (Å²) in [5.74, 6) is 0.0355. The van der Waals surface area contributed by atoms with Crippen molar-refractivity contribution in [1.29, 1.82) is 0 Å². The fraction of sp³-hybridized carbons (Fsp3) is 0.364. The first-order chi connectivity index (χ1) is 8.90. The highest BCUT2D eigenvalue weighted by Crippen LogP contribution is 2.21. The van der Waals surface area contributed by atoms with Crippen LogP contribution in [0.15, 0.2) is 33.6 Å². The van der Waals surface area contributed by atoms with Crippen LogP contribution in [0, 0.1) is 5.92 Å². The zero-order valence-corrected chi connectivity index (χ0v) is 12.3. The molecule has 1 heterocycles. The summed E-state index contributed by atoms with van der Waals surface area (Å²) in [5.41, 5.74) is 0. The number of amides is 1. The Hall–Kier alpha value is -1.12. The van der Waals surface area contributed by atoms with E-state index in [0.29, 0.717) is 17.6 Å². The topological polar surface area (TPSA) is 86.7 Å². The zero-order valence-electron chi connectivity index (χ0n) is 9.91. The molecule has 0 bridgehead atoms. The molecule has 2 rings (SSSR count). The minimum atomic E-state index is -3.56. The number of hydrogen-bond acceptors (Lipinski definition) is 3. The summed E-state index contributed by atoms with van der Waals surface area (Å²) in [5, 5.41) is 8.67. The number of likely N-dealkylation sites (tertiary alicyclic amines) is 1. The van der Waals surface area contributed by atoms with Gasteiger partial charge in [0.1, 0.15) is 0 Å². The van der Waals surface area contributed by atoms with Crippen molar-refractivity contribution in [3.63, 3.8) is 0 Å². The third-order valence-corrected chi connectivity index (χ3v) is 5.35. The number of nitrogens with one attached hydrogen (secondary N) is 1. The van der Waals surface area contributed by atoms with Gasteiger partial charge in [-0.15, -0.1) is 0 Å². The summed E-state index contributed by atoms with van der Waals surface area (Å²) in [4.78, 5) is 12.0. The Morgan fingerprint density at radius 2 is 2.05 bits per heavy atom. The number of sulfonamides is 1. The van der Waals surface area contributed by atoms with Crippen LogP contribution in [-0.4, -0.2) is 44.2 Å². The number of carbonyl (C=O) groups is 1. The number of rotatable bonds is 4. The van der Waals surface area contributed by atoms with Gasteiger partial charge in [-0.3, -0.25) is 0 Å². The molecule has 6 nitrogen and oxygen atoms in total. The third-order valence-electron chi connectivity index (χ3n) is 2.92. The van der Waals surface area contributed by atoms with Gasteiger partial charge < -0.3 is 10.0 Å². The highest BCUT2D eigenvalue weighted by atomic mass is 79.9. The van der Waals surface area contributed by atoms with Crippen molar-refractivity contribution in [2.75, 3.05) is 19.6 Å². The van der Waals surface area contributed by atoms with Gasteiger partial charge in [-0.25, -0.2) is 17.9 Å². The first kappa shape index (κ1) is 14.3. The van der Waals surface area contributed by atoms with E-state index in [-0.39, 0.29) is 17.4 Å². The summed E-state index contributed by atoms with van der Waals surface area (Å²) in [6.07, 6.45) is -0.968. The van der Waals surface area contributed by atoms with Crippen LogP contribution in [0.3, 0.4) is 0 Å². The average molecular weight is 349 g/mol. The van der Waals surface area contributed by atoms with Crippen LogP contribution in [0.5, 0.6) is 0 Å². The normalized spacial score (nSPS) is 16.2. The quantitative estimate of drug-likeness (QED) is 0.859. The predicted molar refractivity (Wildman–Crippen MR) is 72.4 cm³/mol. The van der Waals surface area contributed by atoms with Crippen molar-refractivity contribution in [2.24, 2.45) is 5.92 Å². The molecule has 1 aliphatic rings. The Labute approximate surface area is 119 Å². The monoisotopic (exact) mass is 348 g/mol. The minimum absolute atomic E-state index is 0.0355. The summed E-state index contributed by atoms with van der Waals surface area (Å²) in [6.45, 7) is 0.981. The van der Waals surface area contributed by atoms with Crippen molar-refractivity contribution in [2.45, 2.75) is 4.90 Å². The van der Waals surface area contributed by atoms with Gasteiger partial charge in [0, 0.05) is 30.0 Å². The van der Waals surface area contributed by atoms with E-state index in [9.17, 15) is 13.2 Å². The van der Waals surface area contributed by atoms with Gasteiger partial charge in [-0.05, 0) is 28.1 Å². The summed E-state index contributed by atoms with van der Waals surface area (Å²) < 4.78 is 27.1. The first-order valence-corrected chi connectivity index (χ1v) is 7.90. The van der Waals surface area contributed by atoms with Crippen molar-refractivity contribution >= 4 is 32.0 Å². The molecule has 2 N–H and O–H groups in total. The molecule has 0 unspecified atom stereocenters. The standard InChI is InChI=1S/C11H13BrN2O4S/c12-9-3-1-2-4-10(9)19(17,18)13-5-8-6-14(7-8)11(15)16/h1-4,8,13H,5-7H2,(H,15,16). The molecule has 104 valence electrons. The van der Waals surface area contributed by atoms with E-state index < -0.39 is 16.1 Å². The van der Waals surface area contributed by atoms with Crippen LogP contribution < -0.4 is 4.72 Å². The second-order valence-electron chi connectivity index (χ2n) is 4.34. The van der Waals surface area contributed by atoms with Gasteiger partial charge in [-0.1, -0.05) is 12.1 Å². The molecule has 0 radical (unpaired) electrons. The van der Waals surface area contributed by atoms with E-state index in [0.717, 1.165) is 0 Å². The lowest BCUT2D eigenvalue weighted by Gasteiger charge is -2.36. The van der Waals surface area contributed by atoms with Crippen molar-refractivity contribution in [3.05, 3.63) is 28.7 Å². The third kappa shape index (κ3) is 3.26. The molecule has 1 aliphatic heterocycles. The molecule has 1 saturated heterocycles. The molecule has 8 heteroatoms. The molecular formula is C11H13BrN2O4S. The maximum absolute atomic E-state index is 12.0. The Morgan fingerprint density at radius 1 is 1.42 bits per heavy atom. The average Bonchev–Trinajstić information content (AvgIpc) is 2.26. The Bertz CT molecular complexity index is 584. The smallest absolute Gasteiger partial charge is 0.407 e. The largest absolute Gasteiger partial charge is 0.465 e. The number of carboxylic acid groups (broad SMARTS) is 1. The highest BCUT2D eigenvalue weighted by Gasteiger charge is 2.31. The maximum Gasteiger partial charge on any atom is 0.407 e. The SMILES string of the molecule is O=C(O)N1CC(CNS(=O)(=O)c2ccccc2Br)C1. The number of hydrogen-bond donors (Lipinski definition) is 2. The van der Waals surface area contributed by atoms with E-state index in [1.165, 1.54) is 11.0 Å². The van der Waals surface area contributed by atoms with Crippen LogP contribution in [0.2, 0.25) is 0 Å². The van der Waals surface area contributed by atoms with Gasteiger partial charge in [0.2, 0.25) is 10.0 Å². The zero-order chi connectivity index (χ0) is 14.0. The molecule has 1 amide bonds. The minimum Gasteiger partial charge on any atom is -0.465 e. The molecule has 0 spiro atoms. The summed E-state index contributed by atoms with van der Waals surface area (Å²) in [6, 6.07) is 6.55. The lowest BCUT2D eigenvalue weighted by Crippen LogP contribution is -2.53. The van der Waals surface area contributed by atoms with Gasteiger partial charge >= 0.3 is 6.09 Å². The van der Waals surface area contributed by atoms with Gasteiger partial charge in [-0.2, -0.15) is 0 Å². The Balaban J connectivity index is 1.93. The van der Waals surface area contributed by atoms with Crippen molar-refractivity contribution in [1.82, 2.24) is 9.62 Å². The van der Waals surface area contributed by atoms with Crippen molar-refractivity contribution in [3.8, 4) is 0 Å². The fourth-order valence-corrected chi connectivity index (χ4v) is 3.94. The van der Waals surface area contributed by atoms with Gasteiger partial charge in [0.05, 0.1) is 4.90 Å². The molecule has 1 aromatic rings. The van der Waals surface area contributed by atoms with Crippen molar-refractivity contribution < 1.29 is 18.3 Å². The number of benzene rings is 1. The fourth-order valence-electron chi connectivity index (χ4n) is 1.82. The molecule has 0 aromatic heterocycles. The van der Waals surface area contributed by atoms with Gasteiger partial charge in [0.25, 0.3) is 0 Å². The van der Waals surface area contributed by atoms with E-state index >= 15 is 0 Å². The van der Waals surface area contributed by atoms with Crippen LogP contribution >= 0.6 is 15.9 Å². The van der Waals surface area contributed by atoms with E-state index in [4.69, 9.17) is 5.11 Å². The van der Waals surface area contributed by atoms with E-state index in [1.54, 1.807) is 18.2 Å². The maximum atomic E-state index is 12.0. The lowest BCUT2D eigenvalue weighted by atomic mass is 10.0. The lowest BCUT2D eigenvalue weighted by molar-refractivity contribution is 0.0837. The molecule has 0 aliphatic carbocycles. The molecule has 19 heavy (non-hydrogen) atoms. The van der Waals surface area contributed by atoms with Crippen LogP contribution in [0.1, 0.15) is 0 Å². The van der Waals surface area contributed by atoms with E-state index in [2.05, 4.69) is 20.7 Å². The van der Waals surface area contributed by atoms with Crippen LogP contribution in [0.25, 0.3) is 0 Å². The molecule has 1 aromatic carbocycles. The molecule has 1 fully saturated rings. The first-order valence-electron chi connectivity index (χ1n) is 5.62. The highest BCUT2D eigenvalue weighted by molar-refractivity contribution is 9.10. The Kier molecular flexibility index (Phi) is 4.12.